The fraction of sp³-hybridized carbons (Fsp3) is 0.472. The molecule has 0 unspecified atom stereocenters. The van der Waals surface area contributed by atoms with Gasteiger partial charge in [0.15, 0.2) is 0 Å². The van der Waals surface area contributed by atoms with Gasteiger partial charge in [-0.05, 0) is 106 Å². The number of hydrogen-bond donors (Lipinski definition) is 2. The van der Waals surface area contributed by atoms with E-state index in [1.54, 1.807) is 4.57 Å². The molecule has 2 N–H and O–H groups in total. The fourth-order valence-corrected chi connectivity index (χ4v) is 7.23. The Morgan fingerprint density at radius 3 is 2.30 bits per heavy atom. The first-order chi connectivity index (χ1) is 22.2. The average Bonchev–Trinajstić information content (AvgIpc) is 3.31. The van der Waals surface area contributed by atoms with Gasteiger partial charge in [0, 0.05) is 81.2 Å². The summed E-state index contributed by atoms with van der Waals surface area (Å²) in [6.45, 7) is 11.5. The van der Waals surface area contributed by atoms with Gasteiger partial charge in [0.05, 0.1) is 11.0 Å². The van der Waals surface area contributed by atoms with Crippen LogP contribution in [0.15, 0.2) is 46.0 Å². The number of ether oxygens (including phenoxy) is 2. The van der Waals surface area contributed by atoms with Crippen LogP contribution in [-0.4, -0.2) is 59.0 Å². The van der Waals surface area contributed by atoms with Crippen molar-refractivity contribution in [1.29, 1.82) is 0 Å². The number of fused-ring (bicyclic) bond motifs is 1. The molecular weight excluding hydrogens is 582 g/mol. The maximum absolute atomic E-state index is 13.9. The van der Waals surface area contributed by atoms with Gasteiger partial charge in [-0.1, -0.05) is 6.07 Å². The molecule has 0 bridgehead atoms. The van der Waals surface area contributed by atoms with Crippen molar-refractivity contribution in [2.75, 3.05) is 37.9 Å². The highest BCUT2D eigenvalue weighted by Gasteiger charge is 2.26. The number of aromatic nitrogens is 3. The number of nitrogens with zero attached hydrogens (tertiary/aromatic N) is 3. The minimum absolute atomic E-state index is 0.0261. The van der Waals surface area contributed by atoms with Crippen LogP contribution in [0.5, 0.6) is 0 Å². The normalized spacial score (nSPS) is 16.2. The Hall–Kier alpha value is -4.15. The summed E-state index contributed by atoms with van der Waals surface area (Å²) in [5.74, 6) is -0.234. The monoisotopic (exact) mass is 627 g/mol. The van der Waals surface area contributed by atoms with Crippen molar-refractivity contribution >= 4 is 22.6 Å². The fourth-order valence-electron chi connectivity index (χ4n) is 7.23. The summed E-state index contributed by atoms with van der Waals surface area (Å²) in [4.78, 5) is 45.3. The summed E-state index contributed by atoms with van der Waals surface area (Å²) in [5.41, 5.74) is 8.01. The summed E-state index contributed by atoms with van der Waals surface area (Å²) in [6, 6.07) is 12.6. The zero-order chi connectivity index (χ0) is 32.5. The van der Waals surface area contributed by atoms with E-state index in [1.165, 1.54) is 0 Å². The summed E-state index contributed by atoms with van der Waals surface area (Å²) < 4.78 is 14.9. The van der Waals surface area contributed by atoms with Gasteiger partial charge in [0.2, 0.25) is 0 Å². The van der Waals surface area contributed by atoms with E-state index in [4.69, 9.17) is 9.47 Å². The molecule has 10 nitrogen and oxygen atoms in total. The highest BCUT2D eigenvalue weighted by molar-refractivity contribution is 5.99. The van der Waals surface area contributed by atoms with Gasteiger partial charge in [0.1, 0.15) is 0 Å². The number of benzene rings is 2. The lowest BCUT2D eigenvalue weighted by atomic mass is 9.95. The Morgan fingerprint density at radius 2 is 1.63 bits per heavy atom. The smallest absolute Gasteiger partial charge is 0.329 e. The van der Waals surface area contributed by atoms with Crippen molar-refractivity contribution in [1.82, 2.24) is 19.4 Å². The molecule has 4 heterocycles. The van der Waals surface area contributed by atoms with Gasteiger partial charge in [0.25, 0.3) is 11.5 Å². The average molecular weight is 628 g/mol. The van der Waals surface area contributed by atoms with E-state index in [9.17, 15) is 14.4 Å². The number of hydrogen-bond acceptors (Lipinski definition) is 6. The molecule has 2 aromatic carbocycles. The van der Waals surface area contributed by atoms with Crippen LogP contribution in [0.4, 0.5) is 5.69 Å². The van der Waals surface area contributed by atoms with Crippen molar-refractivity contribution in [2.24, 2.45) is 7.05 Å². The molecular formula is C36H45N5O5. The van der Waals surface area contributed by atoms with Gasteiger partial charge < -0.3 is 24.7 Å². The van der Waals surface area contributed by atoms with E-state index < -0.39 is 0 Å². The molecule has 0 atom stereocenters. The molecule has 2 aliphatic heterocycles. The number of imidazole rings is 1. The maximum Gasteiger partial charge on any atom is 0.329 e. The molecule has 244 valence electrons. The number of anilines is 1. The zero-order valence-electron chi connectivity index (χ0n) is 27.6. The number of H-pyrrole nitrogens is 1. The number of rotatable bonds is 8. The molecule has 0 saturated carbocycles. The van der Waals surface area contributed by atoms with Crippen molar-refractivity contribution in [3.05, 3.63) is 85.2 Å². The maximum atomic E-state index is 13.9. The summed E-state index contributed by atoms with van der Waals surface area (Å²) in [6.07, 6.45) is 3.46. The lowest BCUT2D eigenvalue weighted by Gasteiger charge is -2.37. The first kappa shape index (κ1) is 31.8. The Bertz CT molecular complexity index is 1870. The third kappa shape index (κ3) is 6.03. The van der Waals surface area contributed by atoms with Gasteiger partial charge in [-0.25, -0.2) is 4.79 Å². The van der Waals surface area contributed by atoms with E-state index in [0.717, 1.165) is 76.9 Å². The van der Waals surface area contributed by atoms with Crippen LogP contribution in [0, 0.1) is 20.8 Å². The lowest BCUT2D eigenvalue weighted by Crippen LogP contribution is -2.40. The predicted octanol–water partition coefficient (Wildman–Crippen LogP) is 4.91. The molecule has 0 spiro atoms. The standard InChI is InChI=1S/C36H45N5O5/c1-6-40(27-9-13-45-14-10-27)32-20-26(18-29(24(32)4)34(42)37-21-30-22(2)17-23(3)38-35(30)43)25-7-8-31-33(19-25)39(5)36(44)41(31)28-11-15-46-16-12-28/h7-8,17-20,27-28H,6,9-16,21H2,1-5H3,(H,37,42)(H,38,43). The predicted molar refractivity (Wildman–Crippen MR) is 181 cm³/mol. The number of amides is 1. The Labute approximate surface area is 269 Å². The van der Waals surface area contributed by atoms with Crippen LogP contribution >= 0.6 is 0 Å². The molecule has 10 heteroatoms. The summed E-state index contributed by atoms with van der Waals surface area (Å²) in [5, 5.41) is 3.03. The third-order valence-electron chi connectivity index (χ3n) is 9.80. The van der Waals surface area contributed by atoms with E-state index in [2.05, 4.69) is 34.3 Å². The van der Waals surface area contributed by atoms with E-state index in [1.807, 2.05) is 56.7 Å². The number of aryl methyl sites for hydroxylation is 3. The zero-order valence-corrected chi connectivity index (χ0v) is 27.6. The molecule has 2 fully saturated rings. The van der Waals surface area contributed by atoms with E-state index in [0.29, 0.717) is 43.6 Å². The molecule has 0 radical (unpaired) electrons. The number of pyridine rings is 1. The summed E-state index contributed by atoms with van der Waals surface area (Å²) >= 11 is 0. The minimum atomic E-state index is -0.234. The Morgan fingerprint density at radius 1 is 0.935 bits per heavy atom. The van der Waals surface area contributed by atoms with E-state index in [-0.39, 0.29) is 29.7 Å². The quantitative estimate of drug-likeness (QED) is 0.287. The minimum Gasteiger partial charge on any atom is -0.381 e. The Kier molecular flexibility index (Phi) is 9.20. The first-order valence-electron chi connectivity index (χ1n) is 16.4. The van der Waals surface area contributed by atoms with Crippen LogP contribution < -0.4 is 21.5 Å². The second-order valence-corrected chi connectivity index (χ2v) is 12.7. The van der Waals surface area contributed by atoms with Crippen LogP contribution in [0.3, 0.4) is 0 Å². The number of aromatic amines is 1. The van der Waals surface area contributed by atoms with Crippen molar-refractivity contribution < 1.29 is 14.3 Å². The van der Waals surface area contributed by atoms with Crippen LogP contribution in [0.2, 0.25) is 0 Å². The highest BCUT2D eigenvalue weighted by atomic mass is 16.5. The van der Waals surface area contributed by atoms with Gasteiger partial charge in [-0.2, -0.15) is 0 Å². The number of carbonyl (C=O) groups is 1. The van der Waals surface area contributed by atoms with Crippen LogP contribution in [-0.2, 0) is 23.1 Å². The molecule has 2 aliphatic rings. The summed E-state index contributed by atoms with van der Waals surface area (Å²) in [7, 11) is 1.82. The number of carbonyl (C=O) groups excluding carboxylic acids is 1. The van der Waals surface area contributed by atoms with Gasteiger partial charge in [-0.15, -0.1) is 0 Å². The molecule has 2 aromatic heterocycles. The molecule has 0 aliphatic carbocycles. The highest BCUT2D eigenvalue weighted by Crippen LogP contribution is 2.35. The van der Waals surface area contributed by atoms with Crippen molar-refractivity contribution in [3.63, 3.8) is 0 Å². The molecule has 46 heavy (non-hydrogen) atoms. The van der Waals surface area contributed by atoms with Crippen LogP contribution in [0.25, 0.3) is 22.2 Å². The number of nitrogens with one attached hydrogen (secondary N) is 2. The second-order valence-electron chi connectivity index (χ2n) is 12.7. The van der Waals surface area contributed by atoms with E-state index >= 15 is 0 Å². The van der Waals surface area contributed by atoms with Gasteiger partial charge in [-0.3, -0.25) is 18.7 Å². The molecule has 4 aromatic rings. The topological polar surface area (TPSA) is 111 Å². The lowest BCUT2D eigenvalue weighted by molar-refractivity contribution is 0.0696. The van der Waals surface area contributed by atoms with Gasteiger partial charge >= 0.3 is 5.69 Å². The first-order valence-corrected chi connectivity index (χ1v) is 16.4. The largest absolute Gasteiger partial charge is 0.381 e. The Balaban J connectivity index is 1.43. The van der Waals surface area contributed by atoms with Crippen molar-refractivity contribution in [3.8, 4) is 11.1 Å². The molecule has 1 amide bonds. The third-order valence-corrected chi connectivity index (χ3v) is 9.80. The SMILES string of the molecule is CCN(c1cc(-c2ccc3c(c2)n(C)c(=O)n3C2CCOCC2)cc(C(=O)NCc2c(C)cc(C)[nH]c2=O)c1C)C1CCOCC1. The second kappa shape index (κ2) is 13.3. The molecule has 2 saturated heterocycles. The van der Waals surface area contributed by atoms with Crippen molar-refractivity contribution in [2.45, 2.75) is 72.0 Å². The molecule has 6 rings (SSSR count). The van der Waals surface area contributed by atoms with Crippen LogP contribution in [0.1, 0.15) is 71.4 Å².